The largest absolute Gasteiger partial charge is 0.507 e. The molecule has 0 aliphatic rings. The Bertz CT molecular complexity index is 920. The molecule has 0 heterocycles. The Morgan fingerprint density at radius 1 is 0.826 bits per heavy atom. The van der Waals surface area contributed by atoms with E-state index < -0.39 is 0 Å². The van der Waals surface area contributed by atoms with Crippen molar-refractivity contribution < 1.29 is 5.11 Å². The fraction of sp³-hybridized carbons (Fsp3) is 0. The molecule has 0 amide bonds. The van der Waals surface area contributed by atoms with Gasteiger partial charge in [-0.3, -0.25) is 0 Å². The van der Waals surface area contributed by atoms with Crippen molar-refractivity contribution in [2.24, 2.45) is 10.2 Å². The quantitative estimate of drug-likeness (QED) is 0.509. The number of rotatable bonds is 3. The van der Waals surface area contributed by atoms with E-state index in [0.717, 1.165) is 10.8 Å². The van der Waals surface area contributed by atoms with Crippen molar-refractivity contribution >= 4 is 46.4 Å². The molecule has 0 fully saturated rings. The van der Waals surface area contributed by atoms with Crippen LogP contribution in [0.2, 0.25) is 10.0 Å². The van der Waals surface area contributed by atoms with Gasteiger partial charge in [0.05, 0.1) is 22.5 Å². The number of fused-ring (bicyclic) bond motifs is 1. The van der Waals surface area contributed by atoms with Crippen molar-refractivity contribution in [2.45, 2.75) is 0 Å². The molecule has 0 aromatic heterocycles. The monoisotopic (exact) mass is 342 g/mol. The number of hydrogen-bond donors (Lipinski definition) is 1. The lowest BCUT2D eigenvalue weighted by Gasteiger charge is -2.03. The number of halogens is 2. The van der Waals surface area contributed by atoms with E-state index in [1.165, 1.54) is 12.4 Å². The Morgan fingerprint density at radius 3 is 2.48 bits per heavy atom. The highest BCUT2D eigenvalue weighted by atomic mass is 35.5. The van der Waals surface area contributed by atoms with Gasteiger partial charge in [-0.05, 0) is 22.9 Å². The van der Waals surface area contributed by atoms with Gasteiger partial charge in [0.1, 0.15) is 5.75 Å². The molecular weight excluding hydrogens is 331 g/mol. The van der Waals surface area contributed by atoms with Crippen molar-refractivity contribution in [3.05, 3.63) is 75.8 Å². The van der Waals surface area contributed by atoms with Crippen LogP contribution in [0.4, 0.5) is 0 Å². The van der Waals surface area contributed by atoms with E-state index in [-0.39, 0.29) is 5.75 Å². The van der Waals surface area contributed by atoms with Crippen LogP contribution in [-0.4, -0.2) is 17.5 Å². The van der Waals surface area contributed by atoms with E-state index in [2.05, 4.69) is 10.2 Å². The third-order valence-electron chi connectivity index (χ3n) is 3.38. The zero-order valence-corrected chi connectivity index (χ0v) is 13.5. The number of nitrogens with zero attached hydrogens (tertiary/aromatic N) is 2. The molecular formula is C18H12Cl2N2O. The first kappa shape index (κ1) is 15.5. The molecule has 23 heavy (non-hydrogen) atoms. The Morgan fingerprint density at radius 2 is 1.61 bits per heavy atom. The molecule has 0 atom stereocenters. The standard InChI is InChI=1S/C18H12Cl2N2O/c19-16-7-3-5-13(18(16)20)10-21-22-11-15-14-6-2-1-4-12(14)8-9-17(15)23/h1-11,23H/b21-10+,22-11+. The van der Waals surface area contributed by atoms with Crippen molar-refractivity contribution in [1.82, 2.24) is 0 Å². The summed E-state index contributed by atoms with van der Waals surface area (Å²) in [5.41, 5.74) is 1.30. The van der Waals surface area contributed by atoms with Crippen LogP contribution in [0, 0.1) is 0 Å². The Kier molecular flexibility index (Phi) is 4.60. The summed E-state index contributed by atoms with van der Waals surface area (Å²) in [6.07, 6.45) is 3.04. The maximum atomic E-state index is 10.0. The molecule has 3 rings (SSSR count). The van der Waals surface area contributed by atoms with E-state index in [1.807, 2.05) is 30.3 Å². The van der Waals surface area contributed by atoms with Crippen LogP contribution >= 0.6 is 23.2 Å². The summed E-state index contributed by atoms with van der Waals surface area (Å²) >= 11 is 12.0. The fourth-order valence-corrected chi connectivity index (χ4v) is 2.58. The summed E-state index contributed by atoms with van der Waals surface area (Å²) in [7, 11) is 0. The second-order valence-corrected chi connectivity index (χ2v) is 5.64. The van der Waals surface area contributed by atoms with Gasteiger partial charge in [-0.2, -0.15) is 10.2 Å². The first-order valence-electron chi connectivity index (χ1n) is 6.88. The summed E-state index contributed by atoms with van der Waals surface area (Å²) in [5.74, 6) is 0.156. The van der Waals surface area contributed by atoms with Gasteiger partial charge >= 0.3 is 0 Å². The minimum absolute atomic E-state index is 0.156. The van der Waals surface area contributed by atoms with Gasteiger partial charge in [-0.1, -0.05) is 65.7 Å². The lowest BCUT2D eigenvalue weighted by molar-refractivity contribution is 0.475. The molecule has 0 saturated carbocycles. The van der Waals surface area contributed by atoms with Gasteiger partial charge in [0, 0.05) is 11.1 Å². The number of benzene rings is 3. The van der Waals surface area contributed by atoms with E-state index >= 15 is 0 Å². The smallest absolute Gasteiger partial charge is 0.125 e. The van der Waals surface area contributed by atoms with E-state index in [1.54, 1.807) is 24.3 Å². The normalized spacial score (nSPS) is 11.7. The van der Waals surface area contributed by atoms with Gasteiger partial charge in [-0.15, -0.1) is 0 Å². The van der Waals surface area contributed by atoms with E-state index in [4.69, 9.17) is 23.2 Å². The van der Waals surface area contributed by atoms with Gasteiger partial charge in [-0.25, -0.2) is 0 Å². The summed E-state index contributed by atoms with van der Waals surface area (Å²) in [6.45, 7) is 0. The van der Waals surface area contributed by atoms with Gasteiger partial charge in [0.25, 0.3) is 0 Å². The molecule has 0 saturated heterocycles. The predicted molar refractivity (Wildman–Crippen MR) is 97.3 cm³/mol. The van der Waals surface area contributed by atoms with Crippen LogP contribution in [-0.2, 0) is 0 Å². The van der Waals surface area contributed by atoms with Gasteiger partial charge in [0.2, 0.25) is 0 Å². The molecule has 5 heteroatoms. The van der Waals surface area contributed by atoms with Crippen molar-refractivity contribution in [2.75, 3.05) is 0 Å². The second kappa shape index (κ2) is 6.82. The molecule has 0 aliphatic carbocycles. The molecule has 3 aromatic carbocycles. The molecule has 3 aromatic rings. The molecule has 1 N–H and O–H groups in total. The maximum absolute atomic E-state index is 10.0. The topological polar surface area (TPSA) is 45.0 Å². The van der Waals surface area contributed by atoms with Crippen LogP contribution in [0.3, 0.4) is 0 Å². The summed E-state index contributed by atoms with van der Waals surface area (Å²) in [5, 5.41) is 20.8. The highest BCUT2D eigenvalue weighted by molar-refractivity contribution is 6.43. The summed E-state index contributed by atoms with van der Waals surface area (Å²) in [4.78, 5) is 0. The zero-order chi connectivity index (χ0) is 16.2. The molecule has 0 bridgehead atoms. The van der Waals surface area contributed by atoms with Crippen LogP contribution in [0.25, 0.3) is 10.8 Å². The second-order valence-electron chi connectivity index (χ2n) is 4.85. The minimum Gasteiger partial charge on any atom is -0.507 e. The van der Waals surface area contributed by atoms with E-state index in [9.17, 15) is 5.11 Å². The Balaban J connectivity index is 1.90. The number of phenolic OH excluding ortho intramolecular Hbond substituents is 1. The minimum atomic E-state index is 0.156. The number of phenols is 1. The average molecular weight is 343 g/mol. The highest BCUT2D eigenvalue weighted by Crippen LogP contribution is 2.26. The molecule has 0 radical (unpaired) electrons. The fourth-order valence-electron chi connectivity index (χ4n) is 2.23. The third-order valence-corrected chi connectivity index (χ3v) is 4.21. The van der Waals surface area contributed by atoms with Crippen molar-refractivity contribution in [1.29, 1.82) is 0 Å². The molecule has 114 valence electrons. The Labute approximate surface area is 143 Å². The average Bonchev–Trinajstić information content (AvgIpc) is 2.57. The molecule has 3 nitrogen and oxygen atoms in total. The first-order valence-corrected chi connectivity index (χ1v) is 7.63. The third kappa shape index (κ3) is 3.36. The van der Waals surface area contributed by atoms with Crippen LogP contribution in [0.5, 0.6) is 5.75 Å². The lowest BCUT2D eigenvalue weighted by atomic mass is 10.0. The van der Waals surface area contributed by atoms with Crippen molar-refractivity contribution in [3.8, 4) is 5.75 Å². The molecule has 0 spiro atoms. The van der Waals surface area contributed by atoms with E-state index in [0.29, 0.717) is 21.2 Å². The van der Waals surface area contributed by atoms with Crippen LogP contribution in [0.15, 0.2) is 64.8 Å². The number of hydrogen-bond acceptors (Lipinski definition) is 3. The van der Waals surface area contributed by atoms with Gasteiger partial charge in [0.15, 0.2) is 0 Å². The SMILES string of the molecule is Oc1ccc2ccccc2c1/C=N/N=C/c1cccc(Cl)c1Cl. The van der Waals surface area contributed by atoms with Crippen LogP contribution < -0.4 is 0 Å². The van der Waals surface area contributed by atoms with Gasteiger partial charge < -0.3 is 5.11 Å². The maximum Gasteiger partial charge on any atom is 0.125 e. The lowest BCUT2D eigenvalue weighted by Crippen LogP contribution is -1.86. The Hall–Kier alpha value is -2.36. The molecule has 0 unspecified atom stereocenters. The highest BCUT2D eigenvalue weighted by Gasteiger charge is 2.04. The first-order chi connectivity index (χ1) is 11.2. The number of aromatic hydroxyl groups is 1. The molecule has 0 aliphatic heterocycles. The predicted octanol–water partition coefficient (Wildman–Crippen LogP) is 5.31. The summed E-state index contributed by atoms with van der Waals surface area (Å²) < 4.78 is 0. The zero-order valence-electron chi connectivity index (χ0n) is 11.9. The van der Waals surface area contributed by atoms with Crippen molar-refractivity contribution in [3.63, 3.8) is 0 Å². The summed E-state index contributed by atoms with van der Waals surface area (Å²) in [6, 6.07) is 16.5. The van der Waals surface area contributed by atoms with Crippen LogP contribution in [0.1, 0.15) is 11.1 Å².